The Labute approximate surface area is 140 Å². The van der Waals surface area contributed by atoms with Gasteiger partial charge in [-0.1, -0.05) is 17.7 Å². The van der Waals surface area contributed by atoms with Gasteiger partial charge in [-0.2, -0.15) is 0 Å². The van der Waals surface area contributed by atoms with E-state index in [4.69, 9.17) is 0 Å². The molecule has 0 radical (unpaired) electrons. The molecule has 0 bridgehead atoms. The van der Waals surface area contributed by atoms with E-state index in [-0.39, 0.29) is 10.1 Å². The predicted molar refractivity (Wildman–Crippen MR) is 93.3 cm³/mol. The Morgan fingerprint density at radius 3 is 2.30 bits per heavy atom. The number of amides is 1. The van der Waals surface area contributed by atoms with Crippen molar-refractivity contribution < 1.29 is 13.2 Å². The summed E-state index contributed by atoms with van der Waals surface area (Å²) in [6.07, 6.45) is 0. The van der Waals surface area contributed by atoms with Crippen LogP contribution in [0, 0.1) is 20.8 Å². The van der Waals surface area contributed by atoms with E-state index >= 15 is 0 Å². The number of anilines is 1. The molecule has 1 amide bonds. The third kappa shape index (κ3) is 4.33. The molecule has 0 aliphatic rings. The Kier molecular flexibility index (Phi) is 5.11. The van der Waals surface area contributed by atoms with Crippen LogP contribution in [0.25, 0.3) is 0 Å². The number of thiophene rings is 1. The summed E-state index contributed by atoms with van der Waals surface area (Å²) >= 11 is 1.15. The first-order valence-corrected chi connectivity index (χ1v) is 9.43. The Bertz CT molecular complexity index is 816. The van der Waals surface area contributed by atoms with Gasteiger partial charge in [0.05, 0.1) is 12.2 Å². The van der Waals surface area contributed by atoms with Crippen molar-refractivity contribution >= 4 is 33.0 Å². The van der Waals surface area contributed by atoms with Crippen LogP contribution in [0.15, 0.2) is 28.5 Å². The second kappa shape index (κ2) is 6.72. The lowest BCUT2D eigenvalue weighted by atomic mass is 10.1. The average Bonchev–Trinajstić information content (AvgIpc) is 2.90. The van der Waals surface area contributed by atoms with Crippen LogP contribution in [0.4, 0.5) is 5.69 Å². The number of nitrogens with one attached hydrogen (secondary N) is 2. The molecule has 5 nitrogen and oxygen atoms in total. The number of carbonyl (C=O) groups is 1. The molecule has 0 saturated carbocycles. The maximum absolute atomic E-state index is 12.6. The standard InChI is InChI=1S/C16H20N2O3S2/c1-10-7-11(2)16(12(3)8-10)18-23(20,21)15-6-5-14(22-15)9-17-13(4)19/h5-8,18H,9H2,1-4H3,(H,17,19). The van der Waals surface area contributed by atoms with Gasteiger partial charge in [-0.25, -0.2) is 8.42 Å². The highest BCUT2D eigenvalue weighted by atomic mass is 32.2. The van der Waals surface area contributed by atoms with Crippen molar-refractivity contribution in [1.82, 2.24) is 5.32 Å². The van der Waals surface area contributed by atoms with Gasteiger partial charge in [0.1, 0.15) is 4.21 Å². The molecule has 0 spiro atoms. The van der Waals surface area contributed by atoms with Crippen molar-refractivity contribution in [3.05, 3.63) is 45.8 Å². The van der Waals surface area contributed by atoms with Crippen LogP contribution in [0.3, 0.4) is 0 Å². The highest BCUT2D eigenvalue weighted by Crippen LogP contribution is 2.28. The molecular formula is C16H20N2O3S2. The summed E-state index contributed by atoms with van der Waals surface area (Å²) in [5, 5.41) is 2.66. The van der Waals surface area contributed by atoms with Crippen molar-refractivity contribution in [3.63, 3.8) is 0 Å². The van der Waals surface area contributed by atoms with Crippen molar-refractivity contribution in [2.24, 2.45) is 0 Å². The van der Waals surface area contributed by atoms with E-state index in [0.29, 0.717) is 12.2 Å². The fourth-order valence-electron chi connectivity index (χ4n) is 2.33. The Morgan fingerprint density at radius 2 is 1.74 bits per heavy atom. The van der Waals surface area contributed by atoms with Gasteiger partial charge in [0, 0.05) is 11.8 Å². The summed E-state index contributed by atoms with van der Waals surface area (Å²) < 4.78 is 28.0. The summed E-state index contributed by atoms with van der Waals surface area (Å²) in [6.45, 7) is 7.50. The maximum Gasteiger partial charge on any atom is 0.271 e. The summed E-state index contributed by atoms with van der Waals surface area (Å²) in [5.74, 6) is -0.146. The third-order valence-electron chi connectivity index (χ3n) is 3.33. The fourth-order valence-corrected chi connectivity index (χ4v) is 4.83. The third-order valence-corrected chi connectivity index (χ3v) is 6.25. The lowest BCUT2D eigenvalue weighted by molar-refractivity contribution is -0.119. The summed E-state index contributed by atoms with van der Waals surface area (Å²) in [6, 6.07) is 7.16. The first kappa shape index (κ1) is 17.5. The zero-order chi connectivity index (χ0) is 17.2. The van der Waals surface area contributed by atoms with Crippen molar-refractivity contribution in [2.75, 3.05) is 4.72 Å². The second-order valence-corrected chi connectivity index (χ2v) is 8.59. The van der Waals surface area contributed by atoms with E-state index in [1.165, 1.54) is 6.92 Å². The van der Waals surface area contributed by atoms with Gasteiger partial charge < -0.3 is 5.32 Å². The molecule has 0 unspecified atom stereocenters. The van der Waals surface area contributed by atoms with Gasteiger partial charge >= 0.3 is 0 Å². The second-order valence-electron chi connectivity index (χ2n) is 5.51. The van der Waals surface area contributed by atoms with Crippen LogP contribution >= 0.6 is 11.3 Å². The number of rotatable bonds is 5. The molecule has 23 heavy (non-hydrogen) atoms. The van der Waals surface area contributed by atoms with Crippen molar-refractivity contribution in [2.45, 2.75) is 38.4 Å². The average molecular weight is 352 g/mol. The van der Waals surface area contributed by atoms with Gasteiger partial charge in [-0.05, 0) is 44.0 Å². The SMILES string of the molecule is CC(=O)NCc1ccc(S(=O)(=O)Nc2c(C)cc(C)cc2C)s1. The largest absolute Gasteiger partial charge is 0.351 e. The van der Waals surface area contributed by atoms with Crippen LogP contribution in [-0.2, 0) is 21.4 Å². The van der Waals surface area contributed by atoms with E-state index in [9.17, 15) is 13.2 Å². The molecule has 2 N–H and O–H groups in total. The van der Waals surface area contributed by atoms with Crippen molar-refractivity contribution in [1.29, 1.82) is 0 Å². The lowest BCUT2D eigenvalue weighted by Crippen LogP contribution is -2.18. The number of sulfonamides is 1. The smallest absolute Gasteiger partial charge is 0.271 e. The molecule has 0 fully saturated rings. The minimum Gasteiger partial charge on any atom is -0.351 e. The van der Waals surface area contributed by atoms with E-state index < -0.39 is 10.0 Å². The summed E-state index contributed by atoms with van der Waals surface area (Å²) in [5.41, 5.74) is 3.49. The highest BCUT2D eigenvalue weighted by Gasteiger charge is 2.19. The minimum absolute atomic E-state index is 0.146. The zero-order valence-corrected chi connectivity index (χ0v) is 15.2. The Balaban J connectivity index is 2.24. The molecule has 0 aliphatic carbocycles. The first-order valence-electron chi connectivity index (χ1n) is 7.13. The fraction of sp³-hybridized carbons (Fsp3) is 0.312. The van der Waals surface area contributed by atoms with Gasteiger partial charge in [-0.15, -0.1) is 11.3 Å². The maximum atomic E-state index is 12.6. The highest BCUT2D eigenvalue weighted by molar-refractivity contribution is 7.94. The van der Waals surface area contributed by atoms with Crippen LogP contribution in [0.5, 0.6) is 0 Å². The van der Waals surface area contributed by atoms with Crippen LogP contribution in [0.2, 0.25) is 0 Å². The number of aryl methyl sites for hydroxylation is 3. The molecule has 2 rings (SSSR count). The van der Waals surface area contributed by atoms with E-state index in [1.807, 2.05) is 32.9 Å². The Hall–Kier alpha value is -1.86. The molecule has 124 valence electrons. The van der Waals surface area contributed by atoms with Crippen LogP contribution in [-0.4, -0.2) is 14.3 Å². The molecule has 0 saturated heterocycles. The van der Waals surface area contributed by atoms with E-state index in [0.717, 1.165) is 32.9 Å². The molecule has 0 aliphatic heterocycles. The monoisotopic (exact) mass is 352 g/mol. The molecule has 0 atom stereocenters. The van der Waals surface area contributed by atoms with Crippen LogP contribution < -0.4 is 10.0 Å². The van der Waals surface area contributed by atoms with Crippen LogP contribution in [0.1, 0.15) is 28.5 Å². The number of benzene rings is 1. The molecule has 2 aromatic rings. The minimum atomic E-state index is -3.63. The molecule has 7 heteroatoms. The van der Waals surface area contributed by atoms with E-state index in [1.54, 1.807) is 12.1 Å². The number of carbonyl (C=O) groups excluding carboxylic acids is 1. The van der Waals surface area contributed by atoms with Gasteiger partial charge in [0.15, 0.2) is 0 Å². The quantitative estimate of drug-likeness (QED) is 0.868. The normalized spacial score (nSPS) is 11.3. The predicted octanol–water partition coefficient (Wildman–Crippen LogP) is 3.11. The molecule has 1 heterocycles. The molecule has 1 aromatic heterocycles. The topological polar surface area (TPSA) is 75.3 Å². The summed E-state index contributed by atoms with van der Waals surface area (Å²) in [7, 11) is -3.63. The Morgan fingerprint density at radius 1 is 1.13 bits per heavy atom. The lowest BCUT2D eigenvalue weighted by Gasteiger charge is -2.13. The van der Waals surface area contributed by atoms with Gasteiger partial charge in [0.25, 0.3) is 10.0 Å². The van der Waals surface area contributed by atoms with E-state index in [2.05, 4.69) is 10.0 Å². The number of hydrogen-bond acceptors (Lipinski definition) is 4. The molecular weight excluding hydrogens is 332 g/mol. The number of hydrogen-bond donors (Lipinski definition) is 2. The first-order chi connectivity index (χ1) is 10.7. The van der Waals surface area contributed by atoms with Crippen molar-refractivity contribution in [3.8, 4) is 0 Å². The van der Waals surface area contributed by atoms with Gasteiger partial charge in [0.2, 0.25) is 5.91 Å². The molecule has 1 aromatic carbocycles. The van der Waals surface area contributed by atoms with Gasteiger partial charge in [-0.3, -0.25) is 9.52 Å². The zero-order valence-electron chi connectivity index (χ0n) is 13.6. The summed E-state index contributed by atoms with van der Waals surface area (Å²) in [4.78, 5) is 11.7.